The second kappa shape index (κ2) is 13.6. The number of hydrogen-bond donors (Lipinski definition) is 3. The number of fused-ring (bicyclic) bond motifs is 2. The van der Waals surface area contributed by atoms with Crippen molar-refractivity contribution in [2.24, 2.45) is 10.8 Å². The number of halogens is 1. The highest BCUT2D eigenvalue weighted by atomic mass is 19.1. The summed E-state index contributed by atoms with van der Waals surface area (Å²) in [5.74, 6) is 0.778. The third kappa shape index (κ3) is 6.24. The van der Waals surface area contributed by atoms with Gasteiger partial charge in [-0.15, -0.1) is 0 Å². The van der Waals surface area contributed by atoms with Crippen molar-refractivity contribution in [3.63, 3.8) is 0 Å². The van der Waals surface area contributed by atoms with Crippen LogP contribution in [0.2, 0.25) is 0 Å². The van der Waals surface area contributed by atoms with Gasteiger partial charge < -0.3 is 30.0 Å². The summed E-state index contributed by atoms with van der Waals surface area (Å²) >= 11 is 0. The van der Waals surface area contributed by atoms with E-state index >= 15 is 4.39 Å². The molecule has 4 N–H and O–H groups in total. The Bertz CT molecular complexity index is 1790. The number of amides is 2. The molecule has 2 atom stereocenters. The summed E-state index contributed by atoms with van der Waals surface area (Å²) in [4.78, 5) is 18.3. The number of carbonyl (C=O) groups excluding carboxylic acids is 1. The fourth-order valence-corrected chi connectivity index (χ4v) is 6.20. The van der Waals surface area contributed by atoms with Crippen molar-refractivity contribution in [3.8, 4) is 23.0 Å². The molecule has 1 aliphatic heterocycles. The van der Waals surface area contributed by atoms with E-state index in [0.717, 1.165) is 31.6 Å². The Kier molecular flexibility index (Phi) is 9.13. The average molecular weight is 626 g/mol. The molecule has 0 radical (unpaired) electrons. The number of aliphatic hydroxyl groups is 1. The number of methoxy groups -OCH3 is 1. The zero-order valence-electron chi connectivity index (χ0n) is 25.5. The minimum atomic E-state index is -1.32. The van der Waals surface area contributed by atoms with Crippen molar-refractivity contribution >= 4 is 29.2 Å². The van der Waals surface area contributed by atoms with E-state index < -0.39 is 23.4 Å². The van der Waals surface area contributed by atoms with Crippen molar-refractivity contribution in [3.05, 3.63) is 95.4 Å². The number of ether oxygens (including phenoxy) is 3. The molecule has 2 amide bonds. The smallest absolute Gasteiger partial charge is 0.332 e. The van der Waals surface area contributed by atoms with Crippen LogP contribution in [0.15, 0.2) is 78.0 Å². The van der Waals surface area contributed by atoms with Gasteiger partial charge >= 0.3 is 6.03 Å². The number of nitrogens with one attached hydrogen (secondary N) is 1. The first-order chi connectivity index (χ1) is 22.4. The lowest BCUT2D eigenvalue weighted by Crippen LogP contribution is -2.44. The fraction of sp³-hybridized carbons (Fsp3) is 0.286. The van der Waals surface area contributed by atoms with Crippen molar-refractivity contribution in [1.29, 1.82) is 0 Å². The molecule has 6 rings (SSSR count). The molecule has 0 saturated carbocycles. The fourth-order valence-electron chi connectivity index (χ4n) is 6.20. The molecule has 0 bridgehead atoms. The number of carbonyl (C=O) groups is 1. The number of aliphatic hydroxyl groups excluding tert-OH is 1. The van der Waals surface area contributed by atoms with Crippen molar-refractivity contribution in [2.45, 2.75) is 30.8 Å². The molecule has 3 aromatic carbocycles. The van der Waals surface area contributed by atoms with E-state index in [1.807, 2.05) is 24.3 Å². The molecule has 11 heteroatoms. The monoisotopic (exact) mass is 625 g/mol. The van der Waals surface area contributed by atoms with Gasteiger partial charge in [0.25, 0.3) is 0 Å². The molecular formula is C35H36FN5O5. The number of primary amides is 1. The third-order valence-corrected chi connectivity index (χ3v) is 8.47. The van der Waals surface area contributed by atoms with Crippen molar-refractivity contribution < 1.29 is 28.5 Å². The molecular weight excluding hydrogens is 589 g/mol. The topological polar surface area (TPSA) is 132 Å². The second-order valence-corrected chi connectivity index (χ2v) is 11.3. The van der Waals surface area contributed by atoms with E-state index in [4.69, 9.17) is 19.9 Å². The Labute approximate surface area is 266 Å². The van der Waals surface area contributed by atoms with E-state index in [1.165, 1.54) is 31.2 Å². The molecule has 46 heavy (non-hydrogen) atoms. The highest BCUT2D eigenvalue weighted by molar-refractivity contribution is 5.89. The summed E-state index contributed by atoms with van der Waals surface area (Å²) in [6.45, 7) is 3.83. The van der Waals surface area contributed by atoms with Gasteiger partial charge in [0.15, 0.2) is 23.1 Å². The van der Waals surface area contributed by atoms with Crippen LogP contribution in [0.1, 0.15) is 36.0 Å². The molecule has 1 fully saturated rings. The molecule has 2 heterocycles. The van der Waals surface area contributed by atoms with E-state index in [2.05, 4.69) is 20.4 Å². The lowest BCUT2D eigenvalue weighted by atomic mass is 9.67. The van der Waals surface area contributed by atoms with E-state index in [1.54, 1.807) is 49.7 Å². The van der Waals surface area contributed by atoms with Crippen LogP contribution in [0.25, 0.3) is 17.0 Å². The maximum atomic E-state index is 15.9. The van der Waals surface area contributed by atoms with E-state index in [-0.39, 0.29) is 5.75 Å². The number of aromatic nitrogens is 1. The molecule has 4 aromatic rings. The summed E-state index contributed by atoms with van der Waals surface area (Å²) < 4.78 is 33.7. The average Bonchev–Trinajstić information content (AvgIpc) is 3.58. The molecule has 0 spiro atoms. The van der Waals surface area contributed by atoms with Crippen LogP contribution in [0.5, 0.6) is 23.0 Å². The van der Waals surface area contributed by atoms with E-state index in [9.17, 15) is 9.90 Å². The van der Waals surface area contributed by atoms with Gasteiger partial charge in [-0.2, -0.15) is 5.10 Å². The number of pyridine rings is 1. The number of hydrazone groups is 1. The third-order valence-electron chi connectivity index (χ3n) is 8.47. The van der Waals surface area contributed by atoms with Crippen molar-refractivity contribution in [1.82, 2.24) is 15.3 Å². The molecule has 10 nitrogen and oxygen atoms in total. The maximum absolute atomic E-state index is 15.9. The second-order valence-electron chi connectivity index (χ2n) is 11.3. The standard InChI is InChI=1S/C35H36FN5O5/c1-44-31-20-25-28(21-32(31)45-18-6-17-41-15-4-5-16-41)38-14-13-29(25)46-30-11-10-24(19-27(30)36)35(22-39-40-34(37)43)26-8-3-2-7-23(26)9-12-33(35)42/h2-3,7-14,19-22,33,42H,4-6,15-18H2,1H3,(H3,37,40,43). The molecule has 1 saturated heterocycles. The van der Waals surface area contributed by atoms with Crippen LogP contribution in [0.3, 0.4) is 0 Å². The molecule has 1 aliphatic carbocycles. The molecule has 1 aromatic heterocycles. The molecule has 2 unspecified atom stereocenters. The maximum Gasteiger partial charge on any atom is 0.332 e. The van der Waals surface area contributed by atoms with Gasteiger partial charge in [-0.05, 0) is 73.3 Å². The number of likely N-dealkylation sites (tertiary alicyclic amines) is 1. The Balaban J connectivity index is 1.28. The van der Waals surface area contributed by atoms with Gasteiger partial charge in [0.05, 0.1) is 30.8 Å². The number of benzene rings is 3. The highest BCUT2D eigenvalue weighted by Crippen LogP contribution is 2.43. The Morgan fingerprint density at radius 3 is 2.74 bits per heavy atom. The highest BCUT2D eigenvalue weighted by Gasteiger charge is 2.43. The zero-order chi connectivity index (χ0) is 32.1. The minimum Gasteiger partial charge on any atom is -0.493 e. The summed E-state index contributed by atoms with van der Waals surface area (Å²) in [5, 5.41) is 15.9. The van der Waals surface area contributed by atoms with Crippen LogP contribution in [0, 0.1) is 5.82 Å². The lowest BCUT2D eigenvalue weighted by molar-refractivity contribution is 0.181. The van der Waals surface area contributed by atoms with Crippen LogP contribution in [-0.4, -0.2) is 66.7 Å². The first kappa shape index (κ1) is 31.0. The quantitative estimate of drug-likeness (QED) is 0.116. The predicted molar refractivity (Wildman–Crippen MR) is 174 cm³/mol. The van der Waals surface area contributed by atoms with Gasteiger partial charge in [0.2, 0.25) is 0 Å². The SMILES string of the molecule is COc1cc2c(Oc3ccc(C4(C=NNC(N)=O)c5ccccc5C=CC4O)cc3F)ccnc2cc1OCCCN1CCCC1. The summed E-state index contributed by atoms with van der Waals surface area (Å²) in [7, 11) is 1.57. The van der Waals surface area contributed by atoms with Gasteiger partial charge in [-0.25, -0.2) is 14.6 Å². The first-order valence-corrected chi connectivity index (χ1v) is 15.2. The van der Waals surface area contributed by atoms with Gasteiger partial charge in [0, 0.05) is 30.4 Å². The summed E-state index contributed by atoms with van der Waals surface area (Å²) in [6, 6.07) is 16.2. The van der Waals surface area contributed by atoms with Crippen LogP contribution < -0.4 is 25.4 Å². The number of rotatable bonds is 11. The summed E-state index contributed by atoms with van der Waals surface area (Å²) in [5.41, 5.74) is 8.56. The van der Waals surface area contributed by atoms with Crippen molar-refractivity contribution in [2.75, 3.05) is 33.4 Å². The summed E-state index contributed by atoms with van der Waals surface area (Å²) in [6.07, 6.45) is 8.63. The number of nitrogens with zero attached hydrogens (tertiary/aromatic N) is 3. The molecule has 2 aliphatic rings. The predicted octanol–water partition coefficient (Wildman–Crippen LogP) is 5.37. The molecule has 238 valence electrons. The van der Waals surface area contributed by atoms with E-state index in [0.29, 0.717) is 45.9 Å². The van der Waals surface area contributed by atoms with Crippen LogP contribution in [-0.2, 0) is 5.41 Å². The Hall–Kier alpha value is -5.00. The lowest BCUT2D eigenvalue weighted by Gasteiger charge is -2.38. The zero-order valence-corrected chi connectivity index (χ0v) is 25.5. The first-order valence-electron chi connectivity index (χ1n) is 15.2. The number of hydrogen-bond acceptors (Lipinski definition) is 8. The van der Waals surface area contributed by atoms with Crippen LogP contribution in [0.4, 0.5) is 9.18 Å². The Morgan fingerprint density at radius 1 is 1.13 bits per heavy atom. The normalized spacial score (nSPS) is 19.3. The largest absolute Gasteiger partial charge is 0.493 e. The number of urea groups is 1. The van der Waals surface area contributed by atoms with Gasteiger partial charge in [0.1, 0.15) is 5.75 Å². The Morgan fingerprint density at radius 2 is 1.96 bits per heavy atom. The van der Waals surface area contributed by atoms with Gasteiger partial charge in [-0.1, -0.05) is 42.5 Å². The van der Waals surface area contributed by atoms with Gasteiger partial charge in [-0.3, -0.25) is 4.98 Å². The van der Waals surface area contributed by atoms with Crippen LogP contribution >= 0.6 is 0 Å². The minimum absolute atomic E-state index is 0.0334. The number of nitrogens with two attached hydrogens (primary N) is 1.